The smallest absolute Gasteiger partial charge is 0.319 e. The molecule has 6 heteroatoms. The first-order valence-electron chi connectivity index (χ1n) is 6.72. The molecule has 2 rings (SSSR count). The lowest BCUT2D eigenvalue weighted by Crippen LogP contribution is -2.28. The van der Waals surface area contributed by atoms with E-state index >= 15 is 0 Å². The average molecular weight is 366 g/mol. The summed E-state index contributed by atoms with van der Waals surface area (Å²) in [6.45, 7) is 0.409. The summed E-state index contributed by atoms with van der Waals surface area (Å²) in [7, 11) is 3.93. The molecule has 0 unspecified atom stereocenters. The maximum atomic E-state index is 13.0. The third kappa shape index (κ3) is 4.46. The first-order valence-corrected chi connectivity index (χ1v) is 7.51. The lowest BCUT2D eigenvalue weighted by Gasteiger charge is -2.14. The molecule has 0 spiro atoms. The van der Waals surface area contributed by atoms with Crippen molar-refractivity contribution in [3.8, 4) is 0 Å². The van der Waals surface area contributed by atoms with Crippen LogP contribution in [-0.4, -0.2) is 20.1 Å². The fraction of sp³-hybridized carbons (Fsp3) is 0.188. The first-order chi connectivity index (χ1) is 10.5. The fourth-order valence-corrected chi connectivity index (χ4v) is 2.33. The second-order valence-corrected chi connectivity index (χ2v) is 5.85. The van der Waals surface area contributed by atoms with Crippen LogP contribution in [0.15, 0.2) is 46.9 Å². The minimum Gasteiger partial charge on any atom is -0.378 e. The highest BCUT2D eigenvalue weighted by atomic mass is 79.9. The van der Waals surface area contributed by atoms with Crippen LogP contribution in [0.25, 0.3) is 0 Å². The Hall–Kier alpha value is -2.08. The number of anilines is 2. The second kappa shape index (κ2) is 7.26. The molecule has 0 fully saturated rings. The van der Waals surface area contributed by atoms with Crippen LogP contribution in [0.4, 0.5) is 20.6 Å². The third-order valence-corrected chi connectivity index (χ3v) is 3.72. The van der Waals surface area contributed by atoms with Gasteiger partial charge in [0.25, 0.3) is 0 Å². The largest absolute Gasteiger partial charge is 0.378 e. The van der Waals surface area contributed by atoms with E-state index in [1.165, 1.54) is 18.2 Å². The van der Waals surface area contributed by atoms with Crippen molar-refractivity contribution >= 4 is 33.3 Å². The summed E-state index contributed by atoms with van der Waals surface area (Å²) in [5.74, 6) is -0.363. The summed E-state index contributed by atoms with van der Waals surface area (Å²) >= 11 is 3.21. The van der Waals surface area contributed by atoms with E-state index in [9.17, 15) is 9.18 Å². The van der Waals surface area contributed by atoms with Gasteiger partial charge in [-0.1, -0.05) is 12.1 Å². The van der Waals surface area contributed by atoms with E-state index < -0.39 is 0 Å². The molecule has 0 atom stereocenters. The quantitative estimate of drug-likeness (QED) is 0.860. The Labute approximate surface area is 137 Å². The molecule has 0 saturated heterocycles. The van der Waals surface area contributed by atoms with Gasteiger partial charge in [0.2, 0.25) is 0 Å². The van der Waals surface area contributed by atoms with Crippen LogP contribution in [0.2, 0.25) is 0 Å². The monoisotopic (exact) mass is 365 g/mol. The van der Waals surface area contributed by atoms with Crippen molar-refractivity contribution in [3.05, 3.63) is 58.3 Å². The van der Waals surface area contributed by atoms with Crippen LogP contribution >= 0.6 is 15.9 Å². The zero-order valence-corrected chi connectivity index (χ0v) is 13.9. The van der Waals surface area contributed by atoms with E-state index in [1.54, 1.807) is 0 Å². The van der Waals surface area contributed by atoms with Crippen LogP contribution < -0.4 is 15.5 Å². The summed E-state index contributed by atoms with van der Waals surface area (Å²) < 4.78 is 13.5. The van der Waals surface area contributed by atoms with Gasteiger partial charge in [0.15, 0.2) is 0 Å². The van der Waals surface area contributed by atoms with Gasteiger partial charge >= 0.3 is 6.03 Å². The van der Waals surface area contributed by atoms with Crippen molar-refractivity contribution in [3.63, 3.8) is 0 Å². The molecule has 22 heavy (non-hydrogen) atoms. The molecule has 2 aromatic carbocycles. The number of rotatable bonds is 4. The van der Waals surface area contributed by atoms with Crippen LogP contribution in [0.1, 0.15) is 5.56 Å². The molecular formula is C16H17BrFN3O. The lowest BCUT2D eigenvalue weighted by atomic mass is 10.2. The first kappa shape index (κ1) is 16.3. The Morgan fingerprint density at radius 1 is 1.23 bits per heavy atom. The van der Waals surface area contributed by atoms with Gasteiger partial charge < -0.3 is 15.5 Å². The Morgan fingerprint density at radius 2 is 2.00 bits per heavy atom. The van der Waals surface area contributed by atoms with Gasteiger partial charge in [-0.2, -0.15) is 0 Å². The van der Waals surface area contributed by atoms with Crippen LogP contribution in [0.5, 0.6) is 0 Å². The predicted molar refractivity (Wildman–Crippen MR) is 90.7 cm³/mol. The number of amides is 2. The summed E-state index contributed by atoms with van der Waals surface area (Å²) in [4.78, 5) is 13.9. The van der Waals surface area contributed by atoms with Gasteiger partial charge in [0, 0.05) is 30.8 Å². The SMILES string of the molecule is CN(C)c1cccc(CNC(=O)Nc2ccc(F)cc2Br)c1. The fourth-order valence-electron chi connectivity index (χ4n) is 1.88. The molecular weight excluding hydrogens is 349 g/mol. The Balaban J connectivity index is 1.94. The van der Waals surface area contributed by atoms with Crippen LogP contribution in [-0.2, 0) is 6.54 Å². The van der Waals surface area contributed by atoms with Crippen LogP contribution in [0, 0.1) is 5.82 Å². The molecule has 2 amide bonds. The molecule has 0 saturated carbocycles. The zero-order valence-electron chi connectivity index (χ0n) is 12.4. The average Bonchev–Trinajstić information content (AvgIpc) is 2.48. The van der Waals surface area contributed by atoms with Gasteiger partial charge in [-0.15, -0.1) is 0 Å². The molecule has 2 aromatic rings. The van der Waals surface area contributed by atoms with Crippen molar-refractivity contribution < 1.29 is 9.18 Å². The maximum Gasteiger partial charge on any atom is 0.319 e. The van der Waals surface area contributed by atoms with Crippen molar-refractivity contribution in [1.29, 1.82) is 0 Å². The van der Waals surface area contributed by atoms with E-state index in [1.807, 2.05) is 43.3 Å². The lowest BCUT2D eigenvalue weighted by molar-refractivity contribution is 0.251. The summed E-state index contributed by atoms with van der Waals surface area (Å²) in [6.07, 6.45) is 0. The molecule has 116 valence electrons. The Morgan fingerprint density at radius 3 is 2.68 bits per heavy atom. The summed E-state index contributed by atoms with van der Waals surface area (Å²) in [5, 5.41) is 5.44. The van der Waals surface area contributed by atoms with E-state index in [2.05, 4.69) is 26.6 Å². The predicted octanol–water partition coefficient (Wildman–Crippen LogP) is 3.98. The summed E-state index contributed by atoms with van der Waals surface area (Å²) in [5.41, 5.74) is 2.58. The van der Waals surface area contributed by atoms with Crippen molar-refractivity contribution in [1.82, 2.24) is 5.32 Å². The molecule has 0 radical (unpaired) electrons. The van der Waals surface area contributed by atoms with Crippen molar-refractivity contribution in [2.75, 3.05) is 24.3 Å². The number of nitrogens with zero attached hydrogens (tertiary/aromatic N) is 1. The van der Waals surface area contributed by atoms with Gasteiger partial charge in [-0.05, 0) is 51.8 Å². The third-order valence-electron chi connectivity index (χ3n) is 3.06. The molecule has 0 heterocycles. The van der Waals surface area contributed by atoms with Gasteiger partial charge in [-0.25, -0.2) is 9.18 Å². The number of benzene rings is 2. The molecule has 0 aliphatic rings. The highest BCUT2D eigenvalue weighted by Gasteiger charge is 2.06. The minimum absolute atomic E-state index is 0.345. The van der Waals surface area contributed by atoms with Gasteiger partial charge in [0.05, 0.1) is 5.69 Å². The normalized spacial score (nSPS) is 10.2. The molecule has 2 N–H and O–H groups in total. The van der Waals surface area contributed by atoms with Crippen LogP contribution in [0.3, 0.4) is 0 Å². The number of nitrogens with one attached hydrogen (secondary N) is 2. The molecule has 0 bridgehead atoms. The van der Waals surface area contributed by atoms with Crippen molar-refractivity contribution in [2.24, 2.45) is 0 Å². The molecule has 0 aromatic heterocycles. The number of halogens is 2. The number of urea groups is 1. The highest BCUT2D eigenvalue weighted by molar-refractivity contribution is 9.10. The van der Waals surface area contributed by atoms with Gasteiger partial charge in [-0.3, -0.25) is 0 Å². The molecule has 0 aliphatic heterocycles. The minimum atomic E-state index is -0.363. The van der Waals surface area contributed by atoms with Crippen molar-refractivity contribution in [2.45, 2.75) is 6.54 Å². The molecule has 0 aliphatic carbocycles. The Kier molecular flexibility index (Phi) is 5.38. The Bertz CT molecular complexity index is 676. The molecule has 4 nitrogen and oxygen atoms in total. The highest BCUT2D eigenvalue weighted by Crippen LogP contribution is 2.22. The number of carbonyl (C=O) groups excluding carboxylic acids is 1. The maximum absolute atomic E-state index is 13.0. The van der Waals surface area contributed by atoms with E-state index in [0.29, 0.717) is 16.7 Å². The number of hydrogen-bond donors (Lipinski definition) is 2. The van der Waals surface area contributed by atoms with E-state index in [4.69, 9.17) is 0 Å². The number of carbonyl (C=O) groups is 1. The topological polar surface area (TPSA) is 44.4 Å². The summed E-state index contributed by atoms with van der Waals surface area (Å²) in [6, 6.07) is 11.7. The number of hydrogen-bond acceptors (Lipinski definition) is 2. The standard InChI is InChI=1S/C16H17BrFN3O/c1-21(2)13-5-3-4-11(8-13)10-19-16(22)20-15-7-6-12(18)9-14(15)17/h3-9H,10H2,1-2H3,(H2,19,20,22). The van der Waals surface area contributed by atoms with E-state index in [0.717, 1.165) is 11.3 Å². The second-order valence-electron chi connectivity index (χ2n) is 5.00. The van der Waals surface area contributed by atoms with Gasteiger partial charge in [0.1, 0.15) is 5.82 Å². The zero-order chi connectivity index (χ0) is 16.1. The van der Waals surface area contributed by atoms with E-state index in [-0.39, 0.29) is 11.8 Å².